The van der Waals surface area contributed by atoms with Gasteiger partial charge in [0.15, 0.2) is 0 Å². The molecule has 7 nitrogen and oxygen atoms in total. The number of ether oxygens (including phenoxy) is 3. The van der Waals surface area contributed by atoms with Crippen LogP contribution >= 0.6 is 0 Å². The monoisotopic (exact) mass is 457 g/mol. The molecule has 1 aromatic rings. The molecule has 32 heavy (non-hydrogen) atoms. The molecule has 0 aromatic heterocycles. The number of alkyl halides is 3. The topological polar surface area (TPSA) is 90.9 Å². The van der Waals surface area contributed by atoms with Crippen LogP contribution in [0.3, 0.4) is 0 Å². The lowest BCUT2D eigenvalue weighted by Crippen LogP contribution is -2.31. The number of carbonyl (C=O) groups is 3. The van der Waals surface area contributed by atoms with Crippen molar-refractivity contribution in [2.24, 2.45) is 0 Å². The second-order valence-electron chi connectivity index (χ2n) is 7.69. The van der Waals surface area contributed by atoms with Crippen LogP contribution in [0, 0.1) is 6.92 Å². The summed E-state index contributed by atoms with van der Waals surface area (Å²) in [6.07, 6.45) is -3.09. The average Bonchev–Trinajstić information content (AvgIpc) is 3.07. The van der Waals surface area contributed by atoms with Crippen LogP contribution in [0.15, 0.2) is 11.6 Å². The van der Waals surface area contributed by atoms with Crippen molar-refractivity contribution in [1.82, 2.24) is 0 Å². The van der Waals surface area contributed by atoms with E-state index in [0.29, 0.717) is 17.5 Å². The van der Waals surface area contributed by atoms with E-state index in [1.54, 1.807) is 33.8 Å². The van der Waals surface area contributed by atoms with Crippen molar-refractivity contribution in [3.8, 4) is 5.75 Å². The number of carbonyl (C=O) groups excluding carboxylic acids is 3. The molecule has 1 aromatic carbocycles. The minimum atomic E-state index is -5.15. The molecule has 0 aliphatic carbocycles. The first-order chi connectivity index (χ1) is 14.9. The molecular weight excluding hydrogens is 431 g/mol. The maximum Gasteiger partial charge on any atom is 0.471 e. The zero-order valence-electron chi connectivity index (χ0n) is 18.6. The van der Waals surface area contributed by atoms with Gasteiger partial charge >= 0.3 is 24.0 Å². The van der Waals surface area contributed by atoms with Crippen molar-refractivity contribution in [2.75, 3.05) is 12.4 Å². The van der Waals surface area contributed by atoms with Gasteiger partial charge < -0.3 is 19.5 Å². The van der Waals surface area contributed by atoms with Crippen molar-refractivity contribution in [3.63, 3.8) is 0 Å². The highest BCUT2D eigenvalue weighted by atomic mass is 19.4. The molecule has 1 aliphatic heterocycles. The first-order valence-corrected chi connectivity index (χ1v) is 9.99. The average molecular weight is 457 g/mol. The molecule has 1 heterocycles. The summed E-state index contributed by atoms with van der Waals surface area (Å²) in [5.74, 6) is -3.13. The number of esters is 2. The van der Waals surface area contributed by atoms with E-state index < -0.39 is 18.1 Å². The quantitative estimate of drug-likeness (QED) is 0.460. The van der Waals surface area contributed by atoms with E-state index in [-0.39, 0.29) is 54.1 Å². The summed E-state index contributed by atoms with van der Waals surface area (Å²) in [5, 5.41) is 1.83. The van der Waals surface area contributed by atoms with Crippen molar-refractivity contribution >= 4 is 23.5 Å². The fourth-order valence-corrected chi connectivity index (χ4v) is 3.37. The molecule has 176 valence electrons. The van der Waals surface area contributed by atoms with E-state index in [0.717, 1.165) is 5.57 Å². The van der Waals surface area contributed by atoms with Gasteiger partial charge in [0, 0.05) is 17.5 Å². The number of benzene rings is 1. The number of amides is 1. The molecule has 0 atom stereocenters. The summed E-state index contributed by atoms with van der Waals surface area (Å²) in [6, 6.07) is 0. The van der Waals surface area contributed by atoms with E-state index in [4.69, 9.17) is 14.2 Å². The van der Waals surface area contributed by atoms with Crippen LogP contribution in [0.25, 0.3) is 0 Å². The number of anilines is 1. The highest BCUT2D eigenvalue weighted by Crippen LogP contribution is 2.42. The predicted octanol–water partition coefficient (Wildman–Crippen LogP) is 4.40. The molecule has 10 heteroatoms. The van der Waals surface area contributed by atoms with E-state index in [1.807, 2.05) is 5.32 Å². The fourth-order valence-electron chi connectivity index (χ4n) is 3.37. The van der Waals surface area contributed by atoms with Gasteiger partial charge in [-0.15, -0.1) is 0 Å². The lowest BCUT2D eigenvalue weighted by Gasteiger charge is -2.20. The largest absolute Gasteiger partial charge is 0.496 e. The van der Waals surface area contributed by atoms with Gasteiger partial charge in [0.2, 0.25) is 0 Å². The van der Waals surface area contributed by atoms with Crippen LogP contribution in [-0.2, 0) is 32.1 Å². The highest BCUT2D eigenvalue weighted by Gasteiger charge is 2.41. The van der Waals surface area contributed by atoms with E-state index in [1.165, 1.54) is 7.11 Å². The van der Waals surface area contributed by atoms with Crippen molar-refractivity contribution in [2.45, 2.75) is 65.8 Å². The lowest BCUT2D eigenvalue weighted by atomic mass is 9.93. The first kappa shape index (κ1) is 25.2. The standard InChI is InChI=1S/C22H26F3NO6/c1-11(2)32-16(27)9-7-12(3)6-8-14-18(26-21(29)22(23,24)25)17-15(10-31-20(17)28)13(4)19(14)30-5/h6,11H,7-10H2,1-5H3,(H,26,29)/b12-6+. The predicted molar refractivity (Wildman–Crippen MR) is 109 cm³/mol. The number of halogens is 3. The Hall–Kier alpha value is -3.04. The van der Waals surface area contributed by atoms with Crippen molar-refractivity contribution < 1.29 is 41.8 Å². The third-order valence-corrected chi connectivity index (χ3v) is 4.92. The lowest BCUT2D eigenvalue weighted by molar-refractivity contribution is -0.167. The van der Waals surface area contributed by atoms with Gasteiger partial charge in [-0.1, -0.05) is 11.6 Å². The Balaban J connectivity index is 2.43. The van der Waals surface area contributed by atoms with Gasteiger partial charge in [-0.05, 0) is 46.1 Å². The molecule has 1 amide bonds. The number of allylic oxidation sites excluding steroid dienone is 2. The minimum Gasteiger partial charge on any atom is -0.496 e. The smallest absolute Gasteiger partial charge is 0.471 e. The van der Waals surface area contributed by atoms with Crippen molar-refractivity contribution in [1.29, 1.82) is 0 Å². The summed E-state index contributed by atoms with van der Waals surface area (Å²) in [6.45, 7) is 6.78. The molecule has 0 bridgehead atoms. The first-order valence-electron chi connectivity index (χ1n) is 9.99. The molecule has 0 radical (unpaired) electrons. The molecule has 0 unspecified atom stereocenters. The van der Waals surface area contributed by atoms with E-state index >= 15 is 0 Å². The third kappa shape index (κ3) is 5.80. The molecule has 2 rings (SSSR count). The second-order valence-corrected chi connectivity index (χ2v) is 7.69. The summed E-state index contributed by atoms with van der Waals surface area (Å²) < 4.78 is 54.3. The van der Waals surface area contributed by atoms with Crippen LogP contribution in [0.1, 0.15) is 60.7 Å². The van der Waals surface area contributed by atoms with Gasteiger partial charge in [0.25, 0.3) is 0 Å². The zero-order chi connectivity index (χ0) is 24.2. The Labute approximate surface area is 183 Å². The summed E-state index contributed by atoms with van der Waals surface area (Å²) in [7, 11) is 1.35. The Morgan fingerprint density at radius 3 is 2.47 bits per heavy atom. The Bertz CT molecular complexity index is 950. The number of fused-ring (bicyclic) bond motifs is 1. The number of rotatable bonds is 8. The summed E-state index contributed by atoms with van der Waals surface area (Å²) in [5.41, 5.74) is 1.51. The minimum absolute atomic E-state index is 0.0586. The van der Waals surface area contributed by atoms with Gasteiger partial charge in [-0.3, -0.25) is 9.59 Å². The molecule has 0 fully saturated rings. The van der Waals surface area contributed by atoms with Gasteiger partial charge in [0.1, 0.15) is 12.4 Å². The molecule has 1 N–H and O–H groups in total. The van der Waals surface area contributed by atoms with Crippen molar-refractivity contribution in [3.05, 3.63) is 33.9 Å². The maximum atomic E-state index is 12.9. The summed E-state index contributed by atoms with van der Waals surface area (Å²) in [4.78, 5) is 35.7. The normalized spacial score (nSPS) is 13.7. The van der Waals surface area contributed by atoms with Crippen LogP contribution < -0.4 is 10.1 Å². The Kier molecular flexibility index (Phi) is 7.92. The molecule has 0 saturated heterocycles. The van der Waals surface area contributed by atoms with Crippen LogP contribution in [0.5, 0.6) is 5.75 Å². The fraction of sp³-hybridized carbons (Fsp3) is 0.500. The molecule has 1 aliphatic rings. The second kappa shape index (κ2) is 10.1. The number of methoxy groups -OCH3 is 1. The highest BCUT2D eigenvalue weighted by molar-refractivity contribution is 6.07. The maximum absolute atomic E-state index is 12.9. The van der Waals surface area contributed by atoms with Crippen LogP contribution in [0.4, 0.5) is 18.9 Å². The number of hydrogen-bond acceptors (Lipinski definition) is 6. The van der Waals surface area contributed by atoms with Gasteiger partial charge in [-0.2, -0.15) is 13.2 Å². The van der Waals surface area contributed by atoms with Crippen LogP contribution in [0.2, 0.25) is 0 Å². The SMILES string of the molecule is COc1c(C)c2c(c(NC(=O)C(F)(F)F)c1C/C=C(\C)CCC(=O)OC(C)C)C(=O)OC2. The van der Waals surface area contributed by atoms with Crippen LogP contribution in [-0.4, -0.2) is 37.2 Å². The number of hydrogen-bond donors (Lipinski definition) is 1. The Morgan fingerprint density at radius 2 is 1.91 bits per heavy atom. The Morgan fingerprint density at radius 1 is 1.25 bits per heavy atom. The van der Waals surface area contributed by atoms with E-state index in [9.17, 15) is 27.6 Å². The summed E-state index contributed by atoms with van der Waals surface area (Å²) >= 11 is 0. The van der Waals surface area contributed by atoms with Gasteiger partial charge in [0.05, 0.1) is 24.5 Å². The molecular formula is C22H26F3NO6. The molecule has 0 spiro atoms. The number of nitrogens with one attached hydrogen (secondary N) is 1. The zero-order valence-corrected chi connectivity index (χ0v) is 18.6. The third-order valence-electron chi connectivity index (χ3n) is 4.92. The molecule has 0 saturated carbocycles. The number of cyclic esters (lactones) is 1. The van der Waals surface area contributed by atoms with E-state index in [2.05, 4.69) is 0 Å². The van der Waals surface area contributed by atoms with Gasteiger partial charge in [-0.25, -0.2) is 4.79 Å².